The van der Waals surface area contributed by atoms with Gasteiger partial charge >= 0.3 is 0 Å². The van der Waals surface area contributed by atoms with E-state index in [-0.39, 0.29) is 0 Å². The van der Waals surface area contributed by atoms with Crippen LogP contribution in [0.5, 0.6) is 0 Å². The summed E-state index contributed by atoms with van der Waals surface area (Å²) < 4.78 is 1.15. The van der Waals surface area contributed by atoms with Gasteiger partial charge in [0.25, 0.3) is 0 Å². The fourth-order valence-corrected chi connectivity index (χ4v) is 2.33. The molecule has 0 aromatic heterocycles. The molecular formula is C15H15BrClN. The molecule has 0 saturated carbocycles. The molecule has 0 unspecified atom stereocenters. The molecule has 0 fully saturated rings. The van der Waals surface area contributed by atoms with Crippen LogP contribution in [0.1, 0.15) is 16.7 Å². The van der Waals surface area contributed by atoms with Gasteiger partial charge in [-0.2, -0.15) is 0 Å². The van der Waals surface area contributed by atoms with Crippen LogP contribution in [0.25, 0.3) is 0 Å². The van der Waals surface area contributed by atoms with Crippen molar-refractivity contribution in [2.75, 3.05) is 0 Å². The minimum atomic E-state index is 0.574. The normalized spacial score (nSPS) is 10.6. The van der Waals surface area contributed by atoms with Crippen LogP contribution < -0.4 is 5.32 Å². The van der Waals surface area contributed by atoms with Crippen LogP contribution in [-0.4, -0.2) is 0 Å². The molecule has 0 aliphatic heterocycles. The third kappa shape index (κ3) is 3.84. The zero-order chi connectivity index (χ0) is 12.8. The van der Waals surface area contributed by atoms with Crippen molar-refractivity contribution in [2.45, 2.75) is 19.0 Å². The van der Waals surface area contributed by atoms with E-state index >= 15 is 0 Å². The molecule has 0 saturated heterocycles. The van der Waals surface area contributed by atoms with E-state index in [1.165, 1.54) is 11.1 Å². The van der Waals surface area contributed by atoms with Gasteiger partial charge in [0, 0.05) is 23.4 Å². The highest BCUT2D eigenvalue weighted by Gasteiger charge is 1.98. The predicted molar refractivity (Wildman–Crippen MR) is 80.7 cm³/mol. The minimum absolute atomic E-state index is 0.574. The molecule has 0 heterocycles. The zero-order valence-electron chi connectivity index (χ0n) is 10.00. The fraction of sp³-hybridized carbons (Fsp3) is 0.200. The molecule has 3 heteroatoms. The van der Waals surface area contributed by atoms with E-state index in [0.29, 0.717) is 5.88 Å². The number of halogens is 2. The SMILES string of the molecule is ClCc1ccc(CNCc2ccccc2Br)cc1. The lowest BCUT2D eigenvalue weighted by atomic mass is 10.1. The molecule has 0 aliphatic rings. The molecule has 1 nitrogen and oxygen atoms in total. The Morgan fingerprint density at radius 2 is 1.56 bits per heavy atom. The Balaban J connectivity index is 1.86. The second-order valence-corrected chi connectivity index (χ2v) is 5.27. The summed E-state index contributed by atoms with van der Waals surface area (Å²) >= 11 is 9.31. The molecule has 0 aliphatic carbocycles. The Hall–Kier alpha value is -0.830. The quantitative estimate of drug-likeness (QED) is 0.800. The van der Waals surface area contributed by atoms with Crippen LogP contribution in [0.3, 0.4) is 0 Å². The largest absolute Gasteiger partial charge is 0.309 e. The Kier molecular flexibility index (Phi) is 5.24. The summed E-state index contributed by atoms with van der Waals surface area (Å²) in [5.41, 5.74) is 3.71. The summed E-state index contributed by atoms with van der Waals surface area (Å²) in [5.74, 6) is 0.574. The summed E-state index contributed by atoms with van der Waals surface area (Å²) in [6.07, 6.45) is 0. The van der Waals surface area contributed by atoms with Crippen molar-refractivity contribution < 1.29 is 0 Å². The lowest BCUT2D eigenvalue weighted by Gasteiger charge is -2.07. The monoisotopic (exact) mass is 323 g/mol. The highest BCUT2D eigenvalue weighted by molar-refractivity contribution is 9.10. The average Bonchev–Trinajstić information content (AvgIpc) is 2.42. The zero-order valence-corrected chi connectivity index (χ0v) is 12.3. The maximum atomic E-state index is 5.76. The Bertz CT molecular complexity index is 496. The van der Waals surface area contributed by atoms with E-state index in [0.717, 1.165) is 23.1 Å². The van der Waals surface area contributed by atoms with Gasteiger partial charge in [0.15, 0.2) is 0 Å². The predicted octanol–water partition coefficient (Wildman–Crippen LogP) is 4.48. The Labute approximate surface area is 121 Å². The van der Waals surface area contributed by atoms with Gasteiger partial charge in [-0.15, -0.1) is 11.6 Å². The van der Waals surface area contributed by atoms with Crippen LogP contribution in [-0.2, 0) is 19.0 Å². The highest BCUT2D eigenvalue weighted by Crippen LogP contribution is 2.15. The van der Waals surface area contributed by atoms with E-state index < -0.39 is 0 Å². The molecule has 2 aromatic carbocycles. The molecular weight excluding hydrogens is 310 g/mol. The van der Waals surface area contributed by atoms with Crippen molar-refractivity contribution in [2.24, 2.45) is 0 Å². The second-order valence-electron chi connectivity index (χ2n) is 4.15. The van der Waals surface area contributed by atoms with Gasteiger partial charge in [-0.3, -0.25) is 0 Å². The van der Waals surface area contributed by atoms with Crippen LogP contribution in [0.15, 0.2) is 53.0 Å². The topological polar surface area (TPSA) is 12.0 Å². The third-order valence-electron chi connectivity index (χ3n) is 2.78. The van der Waals surface area contributed by atoms with Crippen LogP contribution in [0, 0.1) is 0 Å². The van der Waals surface area contributed by atoms with Crippen molar-refractivity contribution in [3.05, 3.63) is 69.7 Å². The van der Waals surface area contributed by atoms with E-state index in [9.17, 15) is 0 Å². The smallest absolute Gasteiger partial charge is 0.0474 e. The second kappa shape index (κ2) is 6.93. The lowest BCUT2D eigenvalue weighted by molar-refractivity contribution is 0.691. The van der Waals surface area contributed by atoms with Crippen LogP contribution in [0.2, 0.25) is 0 Å². The van der Waals surface area contributed by atoms with E-state index in [4.69, 9.17) is 11.6 Å². The number of alkyl halides is 1. The molecule has 0 radical (unpaired) electrons. The van der Waals surface area contributed by atoms with Gasteiger partial charge in [0.2, 0.25) is 0 Å². The first kappa shape index (κ1) is 13.6. The van der Waals surface area contributed by atoms with E-state index in [1.54, 1.807) is 0 Å². The van der Waals surface area contributed by atoms with Crippen LogP contribution in [0.4, 0.5) is 0 Å². The molecule has 18 heavy (non-hydrogen) atoms. The van der Waals surface area contributed by atoms with Crippen molar-refractivity contribution in [1.82, 2.24) is 5.32 Å². The van der Waals surface area contributed by atoms with Crippen molar-refractivity contribution in [3.63, 3.8) is 0 Å². The molecule has 0 spiro atoms. The van der Waals surface area contributed by atoms with Crippen LogP contribution >= 0.6 is 27.5 Å². The minimum Gasteiger partial charge on any atom is -0.309 e. The molecule has 0 atom stereocenters. The first-order chi connectivity index (χ1) is 8.79. The van der Waals surface area contributed by atoms with E-state index in [2.05, 4.69) is 63.7 Å². The lowest BCUT2D eigenvalue weighted by Crippen LogP contribution is -2.12. The summed E-state index contributed by atoms with van der Waals surface area (Å²) in [6.45, 7) is 1.72. The first-order valence-corrected chi connectivity index (χ1v) is 7.20. The fourth-order valence-electron chi connectivity index (χ4n) is 1.73. The van der Waals surface area contributed by atoms with Gasteiger partial charge in [0.05, 0.1) is 0 Å². The van der Waals surface area contributed by atoms with Crippen molar-refractivity contribution in [1.29, 1.82) is 0 Å². The van der Waals surface area contributed by atoms with E-state index in [1.807, 2.05) is 6.07 Å². The molecule has 0 amide bonds. The Morgan fingerprint density at radius 1 is 0.889 bits per heavy atom. The number of nitrogens with one attached hydrogen (secondary N) is 1. The third-order valence-corrected chi connectivity index (χ3v) is 3.86. The maximum absolute atomic E-state index is 5.76. The Morgan fingerprint density at radius 3 is 2.22 bits per heavy atom. The van der Waals surface area contributed by atoms with Gasteiger partial charge in [-0.25, -0.2) is 0 Å². The molecule has 1 N–H and O–H groups in total. The molecule has 94 valence electrons. The number of hydrogen-bond donors (Lipinski definition) is 1. The maximum Gasteiger partial charge on any atom is 0.0474 e. The molecule has 2 aromatic rings. The number of benzene rings is 2. The average molecular weight is 325 g/mol. The summed E-state index contributed by atoms with van der Waals surface area (Å²) in [5, 5.41) is 3.43. The van der Waals surface area contributed by atoms with Gasteiger partial charge in [-0.1, -0.05) is 58.4 Å². The van der Waals surface area contributed by atoms with Crippen molar-refractivity contribution in [3.8, 4) is 0 Å². The van der Waals surface area contributed by atoms with Gasteiger partial charge < -0.3 is 5.32 Å². The number of hydrogen-bond acceptors (Lipinski definition) is 1. The number of rotatable bonds is 5. The first-order valence-electron chi connectivity index (χ1n) is 5.87. The van der Waals surface area contributed by atoms with Gasteiger partial charge in [-0.05, 0) is 22.8 Å². The highest BCUT2D eigenvalue weighted by atomic mass is 79.9. The summed E-state index contributed by atoms with van der Waals surface area (Å²) in [7, 11) is 0. The molecule has 2 rings (SSSR count). The van der Waals surface area contributed by atoms with Gasteiger partial charge in [0.1, 0.15) is 0 Å². The summed E-state index contributed by atoms with van der Waals surface area (Å²) in [4.78, 5) is 0. The standard InChI is InChI=1S/C15H15BrClN/c16-15-4-2-1-3-14(15)11-18-10-13-7-5-12(9-17)6-8-13/h1-8,18H,9-11H2. The molecule has 0 bridgehead atoms. The summed E-state index contributed by atoms with van der Waals surface area (Å²) in [6, 6.07) is 16.6. The van der Waals surface area contributed by atoms with Crippen molar-refractivity contribution >= 4 is 27.5 Å².